The Morgan fingerprint density at radius 2 is 0.909 bits per heavy atom. The van der Waals surface area contributed by atoms with E-state index in [4.69, 9.17) is 24.8 Å². The van der Waals surface area contributed by atoms with E-state index < -0.39 is 51.1 Å². The van der Waals surface area contributed by atoms with Gasteiger partial charge in [-0.1, -0.05) is 174 Å². The maximum absolute atomic E-state index is 12.6. The number of aliphatic carboxylic acids is 1. The number of carboxylic acid groups (broad SMARTS) is 1. The molecule has 0 aromatic rings. The molecule has 0 spiro atoms. The number of phosphoric acid groups is 1. The highest BCUT2D eigenvalue weighted by Gasteiger charge is 2.28. The fourth-order valence-electron chi connectivity index (χ4n) is 6.24. The van der Waals surface area contributed by atoms with Crippen molar-refractivity contribution in [2.45, 2.75) is 225 Å². The number of rotatable bonds is 42. The summed E-state index contributed by atoms with van der Waals surface area (Å²) in [5.74, 6) is -2.38. The average molecular weight is 804 g/mol. The van der Waals surface area contributed by atoms with Gasteiger partial charge in [-0.25, -0.2) is 4.57 Å². The van der Waals surface area contributed by atoms with Crippen LogP contribution in [0.4, 0.5) is 0 Å². The second-order valence-corrected chi connectivity index (χ2v) is 16.6. The number of esters is 2. The molecule has 0 bridgehead atoms. The normalized spacial score (nSPS) is 13.8. The topological polar surface area (TPSA) is 172 Å². The maximum Gasteiger partial charge on any atom is 0.472 e. The summed E-state index contributed by atoms with van der Waals surface area (Å²) in [6.45, 7) is 2.80. The third-order valence-corrected chi connectivity index (χ3v) is 10.7. The van der Waals surface area contributed by atoms with Crippen LogP contribution in [-0.2, 0) is 37.5 Å². The smallest absolute Gasteiger partial charge is 0.472 e. The van der Waals surface area contributed by atoms with Gasteiger partial charge in [0, 0.05) is 12.8 Å². The molecule has 0 aliphatic rings. The van der Waals surface area contributed by atoms with Gasteiger partial charge in [-0.05, 0) is 38.5 Å². The van der Waals surface area contributed by atoms with Crippen LogP contribution in [0.15, 0.2) is 12.2 Å². The number of phosphoric ester groups is 1. The minimum atomic E-state index is -4.71. The van der Waals surface area contributed by atoms with E-state index in [0.717, 1.165) is 44.9 Å². The van der Waals surface area contributed by atoms with Gasteiger partial charge >= 0.3 is 25.7 Å². The molecule has 3 atom stereocenters. The predicted octanol–water partition coefficient (Wildman–Crippen LogP) is 11.7. The summed E-state index contributed by atoms with van der Waals surface area (Å²) in [4.78, 5) is 45.9. The van der Waals surface area contributed by atoms with Crippen molar-refractivity contribution in [3.8, 4) is 0 Å². The molecule has 4 N–H and O–H groups in total. The van der Waals surface area contributed by atoms with E-state index >= 15 is 0 Å². The predicted molar refractivity (Wildman–Crippen MR) is 222 cm³/mol. The highest BCUT2D eigenvalue weighted by Crippen LogP contribution is 2.43. The Bertz CT molecular complexity index is 995. The molecule has 0 saturated carbocycles. The monoisotopic (exact) mass is 804 g/mol. The molecule has 0 rings (SSSR count). The number of hydrogen-bond donors (Lipinski definition) is 3. The first-order valence-electron chi connectivity index (χ1n) is 22.2. The van der Waals surface area contributed by atoms with Crippen molar-refractivity contribution >= 4 is 25.7 Å². The molecular formula is C43H82NO10P. The molecule has 0 fully saturated rings. The van der Waals surface area contributed by atoms with Crippen molar-refractivity contribution < 1.29 is 47.5 Å². The molecule has 0 aromatic heterocycles. The van der Waals surface area contributed by atoms with Gasteiger partial charge in [-0.2, -0.15) is 0 Å². The largest absolute Gasteiger partial charge is 0.480 e. The van der Waals surface area contributed by atoms with Crippen LogP contribution in [0.2, 0.25) is 0 Å². The number of ether oxygens (including phenoxy) is 2. The highest BCUT2D eigenvalue weighted by molar-refractivity contribution is 7.47. The SMILES string of the molecule is CCCCCCCC/C=C/CCCCCC(=O)OC[C@H](COP(=O)(O)OC[C@H](N)C(=O)O)OC(=O)CCCCCCCCCCCCCCCCCCCC. The average Bonchev–Trinajstić information content (AvgIpc) is 3.16. The standard InChI is InChI=1S/C43H82NO10P/c1-3-5-7-9-11-13-15-17-18-19-20-21-23-25-27-29-31-33-35-42(46)54-39(37-52-55(49,50)53-38-40(44)43(47)48)36-51-41(45)34-32-30-28-26-24-22-16-14-12-10-8-6-4-2/h22,24,39-40H,3-21,23,25-38,44H2,1-2H3,(H,47,48)(H,49,50)/b24-22+/t39-,40+/m1/s1. The third-order valence-electron chi connectivity index (χ3n) is 9.76. The zero-order valence-electron chi connectivity index (χ0n) is 35.0. The van der Waals surface area contributed by atoms with Crippen LogP contribution in [0.5, 0.6) is 0 Å². The summed E-state index contributed by atoms with van der Waals surface area (Å²) in [5, 5.41) is 8.88. The zero-order chi connectivity index (χ0) is 40.7. The first-order chi connectivity index (χ1) is 26.6. The van der Waals surface area contributed by atoms with Crippen molar-refractivity contribution in [2.24, 2.45) is 5.73 Å². The second-order valence-electron chi connectivity index (χ2n) is 15.2. The van der Waals surface area contributed by atoms with Crippen molar-refractivity contribution in [3.63, 3.8) is 0 Å². The maximum atomic E-state index is 12.6. The summed E-state index contributed by atoms with van der Waals surface area (Å²) >= 11 is 0. The van der Waals surface area contributed by atoms with Gasteiger partial charge in [-0.3, -0.25) is 23.4 Å². The van der Waals surface area contributed by atoms with E-state index in [9.17, 15) is 23.8 Å². The summed E-state index contributed by atoms with van der Waals surface area (Å²) in [6, 6.07) is -1.52. The van der Waals surface area contributed by atoms with Gasteiger partial charge in [0.1, 0.15) is 12.6 Å². The lowest BCUT2D eigenvalue weighted by atomic mass is 10.0. The fourth-order valence-corrected chi connectivity index (χ4v) is 7.02. The number of allylic oxidation sites excluding steroid dienone is 2. The molecule has 55 heavy (non-hydrogen) atoms. The Morgan fingerprint density at radius 1 is 0.545 bits per heavy atom. The van der Waals surface area contributed by atoms with E-state index in [1.807, 2.05) is 0 Å². The van der Waals surface area contributed by atoms with E-state index in [2.05, 4.69) is 30.5 Å². The van der Waals surface area contributed by atoms with Crippen molar-refractivity contribution in [1.82, 2.24) is 0 Å². The van der Waals surface area contributed by atoms with Gasteiger partial charge in [0.2, 0.25) is 0 Å². The van der Waals surface area contributed by atoms with Gasteiger partial charge in [0.25, 0.3) is 0 Å². The fraction of sp³-hybridized carbons (Fsp3) is 0.884. The Balaban J connectivity index is 4.32. The quantitative estimate of drug-likeness (QED) is 0.0232. The lowest BCUT2D eigenvalue weighted by Crippen LogP contribution is -2.34. The molecule has 324 valence electrons. The minimum Gasteiger partial charge on any atom is -0.480 e. The summed E-state index contributed by atoms with van der Waals surface area (Å²) in [5.41, 5.74) is 5.33. The molecule has 0 aliphatic heterocycles. The van der Waals surface area contributed by atoms with Crippen molar-refractivity contribution in [3.05, 3.63) is 12.2 Å². The summed E-state index contributed by atoms with van der Waals surface area (Å²) < 4.78 is 32.7. The van der Waals surface area contributed by atoms with Gasteiger partial charge in [0.05, 0.1) is 13.2 Å². The number of hydrogen-bond acceptors (Lipinski definition) is 9. The van der Waals surface area contributed by atoms with Gasteiger partial charge in [-0.15, -0.1) is 0 Å². The molecule has 0 heterocycles. The lowest BCUT2D eigenvalue weighted by molar-refractivity contribution is -0.161. The first-order valence-corrected chi connectivity index (χ1v) is 23.7. The van der Waals surface area contributed by atoms with Crippen LogP contribution in [0.3, 0.4) is 0 Å². The molecular weight excluding hydrogens is 721 g/mol. The number of carbonyl (C=O) groups excluding carboxylic acids is 2. The van der Waals surface area contributed by atoms with Crippen LogP contribution in [0.25, 0.3) is 0 Å². The molecule has 12 heteroatoms. The molecule has 0 radical (unpaired) electrons. The Morgan fingerprint density at radius 3 is 1.35 bits per heavy atom. The Hall–Kier alpha value is -1.78. The molecule has 0 amide bonds. The van der Waals surface area contributed by atoms with Gasteiger partial charge < -0.3 is 25.2 Å². The minimum absolute atomic E-state index is 0.164. The Labute approximate surface area is 335 Å². The van der Waals surface area contributed by atoms with Gasteiger partial charge in [0.15, 0.2) is 6.10 Å². The lowest BCUT2D eigenvalue weighted by Gasteiger charge is -2.20. The van der Waals surface area contributed by atoms with E-state index in [1.54, 1.807) is 0 Å². The van der Waals surface area contributed by atoms with Crippen LogP contribution >= 0.6 is 7.82 Å². The molecule has 0 aromatic carbocycles. The van der Waals surface area contributed by atoms with Crippen LogP contribution in [0, 0.1) is 0 Å². The molecule has 0 aliphatic carbocycles. The number of unbranched alkanes of at least 4 members (excludes halogenated alkanes) is 26. The number of carboxylic acids is 1. The number of carbonyl (C=O) groups is 3. The molecule has 1 unspecified atom stereocenters. The summed E-state index contributed by atoms with van der Waals surface area (Å²) in [6.07, 6.45) is 38.5. The van der Waals surface area contributed by atoms with E-state index in [0.29, 0.717) is 12.8 Å². The van der Waals surface area contributed by atoms with Crippen LogP contribution < -0.4 is 5.73 Å². The summed E-state index contributed by atoms with van der Waals surface area (Å²) in [7, 11) is -4.71. The third kappa shape index (κ3) is 38.9. The molecule has 0 saturated heterocycles. The molecule has 11 nitrogen and oxygen atoms in total. The second kappa shape index (κ2) is 39.1. The van der Waals surface area contributed by atoms with Crippen molar-refractivity contribution in [1.29, 1.82) is 0 Å². The van der Waals surface area contributed by atoms with Crippen molar-refractivity contribution in [2.75, 3.05) is 19.8 Å². The zero-order valence-corrected chi connectivity index (χ0v) is 35.9. The van der Waals surface area contributed by atoms with E-state index in [-0.39, 0.29) is 19.4 Å². The first kappa shape index (κ1) is 53.2. The van der Waals surface area contributed by atoms with Crippen LogP contribution in [0.1, 0.15) is 213 Å². The van der Waals surface area contributed by atoms with E-state index in [1.165, 1.54) is 128 Å². The van der Waals surface area contributed by atoms with Crippen LogP contribution in [-0.4, -0.2) is 59.9 Å². The highest BCUT2D eigenvalue weighted by atomic mass is 31.2. The Kier molecular flexibility index (Phi) is 37.8. The number of nitrogens with two attached hydrogens (primary N) is 1.